The molecule has 6 nitrogen and oxygen atoms in total. The Balaban J connectivity index is 3.04. The van der Waals surface area contributed by atoms with Gasteiger partial charge in [-0.05, 0) is 25.5 Å². The van der Waals surface area contributed by atoms with Crippen molar-refractivity contribution in [3.63, 3.8) is 0 Å². The van der Waals surface area contributed by atoms with Crippen LogP contribution in [0.3, 0.4) is 0 Å². The molecule has 1 heterocycles. The van der Waals surface area contributed by atoms with E-state index in [-0.39, 0.29) is 23.2 Å². The molecule has 0 aliphatic rings. The zero-order valence-corrected chi connectivity index (χ0v) is 14.0. The molecule has 1 rings (SSSR count). The predicted molar refractivity (Wildman–Crippen MR) is 81.2 cm³/mol. The summed E-state index contributed by atoms with van der Waals surface area (Å²) in [7, 11) is -2.10. The highest BCUT2D eigenvalue weighted by Crippen LogP contribution is 2.27. The van der Waals surface area contributed by atoms with Gasteiger partial charge in [0.1, 0.15) is 4.21 Å². The number of ether oxygens (including phenoxy) is 1. The normalized spacial score (nSPS) is 13.5. The van der Waals surface area contributed by atoms with E-state index in [0.29, 0.717) is 17.9 Å². The summed E-state index contributed by atoms with van der Waals surface area (Å²) in [6.07, 6.45) is 0.526. The van der Waals surface area contributed by atoms with Crippen LogP contribution in [0, 0.1) is 0 Å². The number of nitrogens with zero attached hydrogens (tertiary/aromatic N) is 1. The summed E-state index contributed by atoms with van der Waals surface area (Å²) in [6, 6.07) is 2.88. The average molecular weight is 335 g/mol. The van der Waals surface area contributed by atoms with E-state index in [0.717, 1.165) is 11.3 Å². The highest BCUT2D eigenvalue weighted by atomic mass is 32.2. The van der Waals surface area contributed by atoms with Crippen molar-refractivity contribution in [2.75, 3.05) is 20.3 Å². The Morgan fingerprint density at radius 1 is 1.48 bits per heavy atom. The lowest BCUT2D eigenvalue weighted by Crippen LogP contribution is -2.40. The molecule has 0 bridgehead atoms. The standard InChI is InChI=1S/C13H21NO5S2/c1-4-10(2)14(7-8-19-3)21(17,18)13-6-5-11(20-13)9-12(15)16/h5-6,10H,4,7-9H2,1-3H3,(H,15,16). The summed E-state index contributed by atoms with van der Waals surface area (Å²) in [5.41, 5.74) is 0. The number of sulfonamides is 1. The molecular weight excluding hydrogens is 314 g/mol. The maximum absolute atomic E-state index is 12.7. The molecule has 0 aliphatic heterocycles. The van der Waals surface area contributed by atoms with E-state index in [2.05, 4.69) is 0 Å². The second-order valence-electron chi connectivity index (χ2n) is 4.66. The highest BCUT2D eigenvalue weighted by Gasteiger charge is 2.29. The summed E-state index contributed by atoms with van der Waals surface area (Å²) in [4.78, 5) is 11.2. The molecule has 0 saturated carbocycles. The molecule has 0 radical (unpaired) electrons. The second-order valence-corrected chi connectivity index (χ2v) is 7.94. The van der Waals surface area contributed by atoms with Crippen LogP contribution in [0.5, 0.6) is 0 Å². The van der Waals surface area contributed by atoms with Gasteiger partial charge in [0.05, 0.1) is 13.0 Å². The van der Waals surface area contributed by atoms with Gasteiger partial charge >= 0.3 is 5.97 Å². The van der Waals surface area contributed by atoms with E-state index in [1.165, 1.54) is 17.5 Å². The molecule has 0 amide bonds. The van der Waals surface area contributed by atoms with Crippen LogP contribution < -0.4 is 0 Å². The van der Waals surface area contributed by atoms with E-state index in [4.69, 9.17) is 9.84 Å². The van der Waals surface area contributed by atoms with E-state index < -0.39 is 16.0 Å². The van der Waals surface area contributed by atoms with Gasteiger partial charge in [-0.1, -0.05) is 6.92 Å². The largest absolute Gasteiger partial charge is 0.481 e. The SMILES string of the molecule is CCC(C)N(CCOC)S(=O)(=O)c1ccc(CC(=O)O)s1. The first-order valence-corrected chi connectivity index (χ1v) is 8.89. The summed E-state index contributed by atoms with van der Waals surface area (Å²) in [5.74, 6) is -0.973. The lowest BCUT2D eigenvalue weighted by Gasteiger charge is -2.26. The predicted octanol–water partition coefficient (Wildman–Crippen LogP) is 1.81. The number of hydrogen-bond acceptors (Lipinski definition) is 5. The van der Waals surface area contributed by atoms with Crippen molar-refractivity contribution in [2.45, 2.75) is 36.9 Å². The van der Waals surface area contributed by atoms with Crippen molar-refractivity contribution in [3.05, 3.63) is 17.0 Å². The quantitative estimate of drug-likeness (QED) is 0.744. The molecule has 0 spiro atoms. The Hall–Kier alpha value is -0.960. The molecule has 1 aromatic rings. The number of aliphatic carboxylic acids is 1. The fraction of sp³-hybridized carbons (Fsp3) is 0.615. The third-order valence-corrected chi connectivity index (χ3v) is 6.69. The van der Waals surface area contributed by atoms with Crippen LogP contribution in [0.1, 0.15) is 25.1 Å². The Kier molecular flexibility index (Phi) is 6.79. The number of carboxylic acids is 1. The van der Waals surface area contributed by atoms with Crippen molar-refractivity contribution < 1.29 is 23.1 Å². The molecule has 1 N–H and O–H groups in total. The van der Waals surface area contributed by atoms with E-state index >= 15 is 0 Å². The third-order valence-electron chi connectivity index (χ3n) is 3.12. The van der Waals surface area contributed by atoms with Crippen LogP contribution >= 0.6 is 11.3 Å². The Bertz CT molecular complexity index is 567. The lowest BCUT2D eigenvalue weighted by molar-refractivity contribution is -0.136. The van der Waals surface area contributed by atoms with Crippen LogP contribution in [-0.4, -0.2) is 50.1 Å². The molecule has 1 unspecified atom stereocenters. The van der Waals surface area contributed by atoms with Crippen molar-refractivity contribution in [3.8, 4) is 0 Å². The van der Waals surface area contributed by atoms with Crippen molar-refractivity contribution >= 4 is 27.3 Å². The molecule has 120 valence electrons. The van der Waals surface area contributed by atoms with Gasteiger partial charge in [-0.2, -0.15) is 4.31 Å². The molecule has 1 atom stereocenters. The monoisotopic (exact) mass is 335 g/mol. The maximum atomic E-state index is 12.7. The lowest BCUT2D eigenvalue weighted by atomic mass is 10.3. The first-order chi connectivity index (χ1) is 9.82. The Morgan fingerprint density at radius 3 is 2.67 bits per heavy atom. The Labute approximate surface area is 129 Å². The van der Waals surface area contributed by atoms with Gasteiger partial charge in [-0.3, -0.25) is 4.79 Å². The second kappa shape index (κ2) is 7.88. The topological polar surface area (TPSA) is 83.9 Å². The minimum Gasteiger partial charge on any atom is -0.481 e. The molecule has 0 saturated heterocycles. The van der Waals surface area contributed by atoms with Gasteiger partial charge in [0.15, 0.2) is 0 Å². The summed E-state index contributed by atoms with van der Waals surface area (Å²) in [6.45, 7) is 4.36. The molecule has 0 fully saturated rings. The smallest absolute Gasteiger partial charge is 0.308 e. The van der Waals surface area contributed by atoms with Crippen molar-refractivity contribution in [1.29, 1.82) is 0 Å². The third kappa shape index (κ3) is 4.77. The fourth-order valence-electron chi connectivity index (χ4n) is 1.82. The van der Waals surface area contributed by atoms with Crippen LogP contribution in [-0.2, 0) is 26.0 Å². The van der Waals surface area contributed by atoms with Crippen LogP contribution in [0.2, 0.25) is 0 Å². The molecule has 1 aromatic heterocycles. The number of carboxylic acid groups (broad SMARTS) is 1. The minimum absolute atomic E-state index is 0.143. The number of rotatable bonds is 9. The van der Waals surface area contributed by atoms with E-state index in [9.17, 15) is 13.2 Å². The zero-order valence-electron chi connectivity index (χ0n) is 12.4. The van der Waals surface area contributed by atoms with Gasteiger partial charge in [0.2, 0.25) is 0 Å². The highest BCUT2D eigenvalue weighted by molar-refractivity contribution is 7.91. The molecule has 0 aromatic carbocycles. The molecular formula is C13H21NO5S2. The number of hydrogen-bond donors (Lipinski definition) is 1. The number of thiophene rings is 1. The fourth-order valence-corrected chi connectivity index (χ4v) is 4.98. The van der Waals surface area contributed by atoms with Crippen LogP contribution in [0.4, 0.5) is 0 Å². The van der Waals surface area contributed by atoms with Crippen LogP contribution in [0.15, 0.2) is 16.3 Å². The minimum atomic E-state index is -3.62. The number of methoxy groups -OCH3 is 1. The van der Waals surface area contributed by atoms with E-state index in [1.54, 1.807) is 6.07 Å². The first-order valence-electron chi connectivity index (χ1n) is 6.64. The maximum Gasteiger partial charge on any atom is 0.308 e. The Morgan fingerprint density at radius 2 is 2.14 bits per heavy atom. The number of carbonyl (C=O) groups is 1. The van der Waals surface area contributed by atoms with Crippen molar-refractivity contribution in [1.82, 2.24) is 4.31 Å². The average Bonchev–Trinajstić information content (AvgIpc) is 2.87. The summed E-state index contributed by atoms with van der Waals surface area (Å²) < 4.78 is 31.9. The van der Waals surface area contributed by atoms with Gasteiger partial charge in [0, 0.05) is 24.6 Å². The van der Waals surface area contributed by atoms with Gasteiger partial charge in [0.25, 0.3) is 10.0 Å². The van der Waals surface area contributed by atoms with Crippen LogP contribution in [0.25, 0.3) is 0 Å². The first kappa shape index (κ1) is 18.1. The van der Waals surface area contributed by atoms with Gasteiger partial charge in [-0.15, -0.1) is 11.3 Å². The van der Waals surface area contributed by atoms with E-state index in [1.807, 2.05) is 13.8 Å². The summed E-state index contributed by atoms with van der Waals surface area (Å²) >= 11 is 1.01. The van der Waals surface area contributed by atoms with Crippen molar-refractivity contribution in [2.24, 2.45) is 0 Å². The molecule has 0 aliphatic carbocycles. The molecule has 21 heavy (non-hydrogen) atoms. The zero-order chi connectivity index (χ0) is 16.0. The molecule has 8 heteroatoms. The van der Waals surface area contributed by atoms with Gasteiger partial charge < -0.3 is 9.84 Å². The summed E-state index contributed by atoms with van der Waals surface area (Å²) in [5, 5.41) is 8.76. The van der Waals surface area contributed by atoms with Gasteiger partial charge in [-0.25, -0.2) is 8.42 Å².